The Bertz CT molecular complexity index is 313. The Morgan fingerprint density at radius 1 is 1.10 bits per heavy atom. The Labute approximate surface area is 122 Å². The van der Waals surface area contributed by atoms with E-state index in [1.807, 2.05) is 0 Å². The molecule has 0 saturated carbocycles. The van der Waals surface area contributed by atoms with Gasteiger partial charge in [0.2, 0.25) is 5.91 Å². The fourth-order valence-corrected chi connectivity index (χ4v) is 2.67. The molecule has 5 heteroatoms. The summed E-state index contributed by atoms with van der Waals surface area (Å²) in [4.78, 5) is 24.0. The molecule has 1 aliphatic heterocycles. The number of hydrogen-bond donors (Lipinski definition) is 3. The van der Waals surface area contributed by atoms with Crippen LogP contribution in [0.15, 0.2) is 0 Å². The number of carbonyl (C=O) groups excluding carboxylic acids is 2. The molecule has 3 N–H and O–H groups in total. The van der Waals surface area contributed by atoms with Crippen molar-refractivity contribution < 1.29 is 9.59 Å². The molecule has 0 aromatic rings. The highest BCUT2D eigenvalue weighted by Gasteiger charge is 2.24. The maximum absolute atomic E-state index is 12.2. The molecule has 0 unspecified atom stereocenters. The normalized spacial score (nSPS) is 18.9. The second kappa shape index (κ2) is 8.25. The third-order valence-electron chi connectivity index (χ3n) is 3.57. The van der Waals surface area contributed by atoms with Gasteiger partial charge >= 0.3 is 0 Å². The maximum Gasteiger partial charge on any atom is 0.255 e. The first-order valence-electron chi connectivity index (χ1n) is 7.73. The van der Waals surface area contributed by atoms with Crippen molar-refractivity contribution in [2.45, 2.75) is 59.4 Å². The van der Waals surface area contributed by atoms with Gasteiger partial charge in [0.25, 0.3) is 5.91 Å². The van der Waals surface area contributed by atoms with Gasteiger partial charge in [0.1, 0.15) is 0 Å². The standard InChI is InChI=1S/C15H29N3O2/c1-10(2)8-12(9-11(3)4)14(19)17-18-15(20)13-6-5-7-16-13/h10-13,16H,5-9H2,1-4H3,(H,17,19)(H,18,20)/t13-/m0/s1. The van der Waals surface area contributed by atoms with Crippen molar-refractivity contribution >= 4 is 11.8 Å². The highest BCUT2D eigenvalue weighted by atomic mass is 16.2. The van der Waals surface area contributed by atoms with Gasteiger partial charge < -0.3 is 5.32 Å². The van der Waals surface area contributed by atoms with E-state index in [0.29, 0.717) is 11.8 Å². The molecule has 1 aliphatic rings. The third-order valence-corrected chi connectivity index (χ3v) is 3.57. The summed E-state index contributed by atoms with van der Waals surface area (Å²) in [6.45, 7) is 9.32. The second-order valence-electron chi connectivity index (χ2n) is 6.58. The Morgan fingerprint density at radius 3 is 2.15 bits per heavy atom. The molecule has 0 spiro atoms. The minimum Gasteiger partial charge on any atom is -0.306 e. The Kier molecular flexibility index (Phi) is 6.99. The maximum atomic E-state index is 12.2. The lowest BCUT2D eigenvalue weighted by molar-refractivity contribution is -0.132. The largest absolute Gasteiger partial charge is 0.306 e. The van der Waals surface area contributed by atoms with Gasteiger partial charge in [-0.15, -0.1) is 0 Å². The minimum absolute atomic E-state index is 0.0353. The van der Waals surface area contributed by atoms with Crippen LogP contribution in [0.3, 0.4) is 0 Å². The second-order valence-corrected chi connectivity index (χ2v) is 6.58. The van der Waals surface area contributed by atoms with E-state index < -0.39 is 0 Å². The number of rotatable bonds is 6. The lowest BCUT2D eigenvalue weighted by Gasteiger charge is -2.21. The highest BCUT2D eigenvalue weighted by molar-refractivity contribution is 5.86. The van der Waals surface area contributed by atoms with Crippen LogP contribution in [0.1, 0.15) is 53.4 Å². The van der Waals surface area contributed by atoms with Crippen LogP contribution in [-0.4, -0.2) is 24.4 Å². The van der Waals surface area contributed by atoms with Gasteiger partial charge in [-0.1, -0.05) is 27.7 Å². The molecule has 0 radical (unpaired) electrons. The van der Waals surface area contributed by atoms with Crippen LogP contribution in [0, 0.1) is 17.8 Å². The average Bonchev–Trinajstić information content (AvgIpc) is 2.87. The molecular weight excluding hydrogens is 254 g/mol. The molecule has 2 amide bonds. The van der Waals surface area contributed by atoms with Crippen LogP contribution in [-0.2, 0) is 9.59 Å². The van der Waals surface area contributed by atoms with Crippen molar-refractivity contribution in [1.82, 2.24) is 16.2 Å². The van der Waals surface area contributed by atoms with Crippen molar-refractivity contribution in [3.8, 4) is 0 Å². The van der Waals surface area contributed by atoms with E-state index in [9.17, 15) is 9.59 Å². The number of amides is 2. The van der Waals surface area contributed by atoms with E-state index in [2.05, 4.69) is 43.9 Å². The van der Waals surface area contributed by atoms with Gasteiger partial charge in [-0.2, -0.15) is 0 Å². The predicted molar refractivity (Wildman–Crippen MR) is 79.7 cm³/mol. The summed E-state index contributed by atoms with van der Waals surface area (Å²) in [5, 5.41) is 3.11. The van der Waals surface area contributed by atoms with Crippen molar-refractivity contribution in [2.24, 2.45) is 17.8 Å². The summed E-state index contributed by atoms with van der Waals surface area (Å²) in [5.41, 5.74) is 5.14. The van der Waals surface area contributed by atoms with Crippen molar-refractivity contribution in [1.29, 1.82) is 0 Å². The highest BCUT2D eigenvalue weighted by Crippen LogP contribution is 2.20. The molecule has 116 valence electrons. The van der Waals surface area contributed by atoms with E-state index in [0.717, 1.165) is 32.2 Å². The molecule has 0 aromatic carbocycles. The Morgan fingerprint density at radius 2 is 1.70 bits per heavy atom. The van der Waals surface area contributed by atoms with E-state index in [4.69, 9.17) is 0 Å². The smallest absolute Gasteiger partial charge is 0.255 e. The molecule has 1 atom stereocenters. The van der Waals surface area contributed by atoms with E-state index in [1.165, 1.54) is 0 Å². The number of hydrogen-bond acceptors (Lipinski definition) is 3. The van der Waals surface area contributed by atoms with Crippen LogP contribution in [0.25, 0.3) is 0 Å². The van der Waals surface area contributed by atoms with Gasteiger partial charge in [0, 0.05) is 5.92 Å². The van der Waals surface area contributed by atoms with Crippen LogP contribution in [0.2, 0.25) is 0 Å². The van der Waals surface area contributed by atoms with Gasteiger partial charge in [-0.05, 0) is 44.1 Å². The van der Waals surface area contributed by atoms with Crippen molar-refractivity contribution in [3.63, 3.8) is 0 Å². The lowest BCUT2D eigenvalue weighted by atomic mass is 9.89. The molecule has 20 heavy (non-hydrogen) atoms. The van der Waals surface area contributed by atoms with E-state index in [1.54, 1.807) is 0 Å². The third kappa shape index (κ3) is 5.90. The van der Waals surface area contributed by atoms with Gasteiger partial charge in [-0.25, -0.2) is 0 Å². The molecule has 1 heterocycles. The van der Waals surface area contributed by atoms with Crippen LogP contribution in [0.4, 0.5) is 0 Å². The fraction of sp³-hybridized carbons (Fsp3) is 0.867. The molecule has 0 aliphatic carbocycles. The van der Waals surface area contributed by atoms with Crippen LogP contribution < -0.4 is 16.2 Å². The fourth-order valence-electron chi connectivity index (χ4n) is 2.67. The minimum atomic E-state index is -0.163. The predicted octanol–water partition coefficient (Wildman–Crippen LogP) is 1.59. The lowest BCUT2D eigenvalue weighted by Crippen LogP contribution is -2.50. The van der Waals surface area contributed by atoms with Gasteiger partial charge in [0.05, 0.1) is 6.04 Å². The average molecular weight is 283 g/mol. The number of carbonyl (C=O) groups is 2. The quantitative estimate of drug-likeness (QED) is 0.648. The zero-order valence-electron chi connectivity index (χ0n) is 13.2. The molecule has 1 rings (SSSR count). The van der Waals surface area contributed by atoms with Gasteiger partial charge in [-0.3, -0.25) is 20.4 Å². The summed E-state index contributed by atoms with van der Waals surface area (Å²) in [6.07, 6.45) is 3.54. The summed E-state index contributed by atoms with van der Waals surface area (Å²) < 4.78 is 0. The molecule has 1 saturated heterocycles. The van der Waals surface area contributed by atoms with E-state index in [-0.39, 0.29) is 23.8 Å². The zero-order valence-corrected chi connectivity index (χ0v) is 13.2. The first-order valence-corrected chi connectivity index (χ1v) is 7.73. The summed E-state index contributed by atoms with van der Waals surface area (Å²) in [6, 6.07) is -0.163. The molecule has 5 nitrogen and oxygen atoms in total. The Hall–Kier alpha value is -1.10. The first-order chi connectivity index (χ1) is 9.40. The van der Waals surface area contributed by atoms with Crippen molar-refractivity contribution in [2.75, 3.05) is 6.54 Å². The van der Waals surface area contributed by atoms with Crippen LogP contribution in [0.5, 0.6) is 0 Å². The topological polar surface area (TPSA) is 70.2 Å². The zero-order chi connectivity index (χ0) is 15.1. The molecule has 1 fully saturated rings. The van der Waals surface area contributed by atoms with Gasteiger partial charge in [0.15, 0.2) is 0 Å². The first kappa shape index (κ1) is 17.0. The molecule has 0 aromatic heterocycles. The summed E-state index contributed by atoms with van der Waals surface area (Å²) in [7, 11) is 0. The number of hydrazine groups is 1. The summed E-state index contributed by atoms with van der Waals surface area (Å²) >= 11 is 0. The molecular formula is C15H29N3O2. The molecule has 0 bridgehead atoms. The van der Waals surface area contributed by atoms with E-state index >= 15 is 0 Å². The Balaban J connectivity index is 2.41. The monoisotopic (exact) mass is 283 g/mol. The summed E-state index contributed by atoms with van der Waals surface area (Å²) in [5.74, 6) is 0.697. The SMILES string of the molecule is CC(C)CC(CC(C)C)C(=O)NNC(=O)[C@@H]1CCCN1. The van der Waals surface area contributed by atoms with Crippen LogP contribution >= 0.6 is 0 Å². The van der Waals surface area contributed by atoms with Crippen molar-refractivity contribution in [3.05, 3.63) is 0 Å². The number of nitrogens with one attached hydrogen (secondary N) is 3.